The number of hydrogen-bond acceptors (Lipinski definition) is 10. The molecule has 2 unspecified atom stereocenters. The molecule has 0 aliphatic heterocycles. The number of nitrogens with one attached hydrogen (secondary N) is 2. The van der Waals surface area contributed by atoms with E-state index in [0.717, 1.165) is 12.5 Å². The Morgan fingerprint density at radius 1 is 1.23 bits per heavy atom. The van der Waals surface area contributed by atoms with E-state index in [4.69, 9.17) is 5.73 Å². The fourth-order valence-electron chi connectivity index (χ4n) is 5.95. The molecule has 1 saturated carbocycles. The Balaban J connectivity index is 1.84. The van der Waals surface area contributed by atoms with Crippen LogP contribution in [0.15, 0.2) is 23.0 Å². The van der Waals surface area contributed by atoms with Gasteiger partial charge in [-0.25, -0.2) is 4.39 Å². The highest BCUT2D eigenvalue weighted by atomic mass is 19.1. The van der Waals surface area contributed by atoms with E-state index in [9.17, 15) is 44.0 Å². The lowest BCUT2D eigenvalue weighted by Gasteiger charge is -2.50. The van der Waals surface area contributed by atoms with Crippen LogP contribution in [0.3, 0.4) is 0 Å². The van der Waals surface area contributed by atoms with E-state index in [1.165, 1.54) is 19.0 Å². The normalized spacial score (nSPS) is 26.4. The minimum absolute atomic E-state index is 0.0642. The van der Waals surface area contributed by atoms with Crippen LogP contribution in [0.4, 0.5) is 10.1 Å². The number of rotatable bonds is 7. The van der Waals surface area contributed by atoms with Gasteiger partial charge in [-0.3, -0.25) is 24.1 Å². The molecule has 39 heavy (non-hydrogen) atoms. The molecule has 1 aromatic rings. The van der Waals surface area contributed by atoms with Crippen molar-refractivity contribution in [1.82, 2.24) is 10.2 Å². The Kier molecular flexibility index (Phi) is 7.27. The van der Waals surface area contributed by atoms with Crippen molar-refractivity contribution in [1.29, 1.82) is 0 Å². The highest BCUT2D eigenvalue weighted by Crippen LogP contribution is 2.53. The van der Waals surface area contributed by atoms with Gasteiger partial charge in [0, 0.05) is 11.5 Å². The van der Waals surface area contributed by atoms with Crippen molar-refractivity contribution < 1.29 is 44.0 Å². The van der Waals surface area contributed by atoms with Gasteiger partial charge in [0.15, 0.2) is 23.0 Å². The van der Waals surface area contributed by atoms with Gasteiger partial charge in [-0.1, -0.05) is 6.92 Å². The number of carbonyl (C=O) groups excluding carboxylic acids is 4. The number of amides is 2. The Morgan fingerprint density at radius 3 is 2.49 bits per heavy atom. The first-order valence-corrected chi connectivity index (χ1v) is 12.5. The summed E-state index contributed by atoms with van der Waals surface area (Å²) in [4.78, 5) is 52.5. The van der Waals surface area contributed by atoms with Gasteiger partial charge in [-0.15, -0.1) is 0 Å². The molecule has 3 aliphatic rings. The zero-order chi connectivity index (χ0) is 29.0. The van der Waals surface area contributed by atoms with Crippen molar-refractivity contribution in [3.63, 3.8) is 0 Å². The molecular weight excluding hydrogens is 515 g/mol. The molecule has 0 spiro atoms. The number of aliphatic hydroxyl groups is 3. The number of carbonyl (C=O) groups is 4. The SMILES string of the molecule is CCCNCC(=O)Nc1c(F)cc2c(c1O)C(O)=C1C(=O)[C@]3(O)C(O)=C(C(N)=O)C(=O)[C@@H](N(C)C)C3CC1C2. The van der Waals surface area contributed by atoms with Crippen LogP contribution in [0, 0.1) is 17.7 Å². The van der Waals surface area contributed by atoms with Crippen molar-refractivity contribution >= 4 is 34.8 Å². The van der Waals surface area contributed by atoms with Gasteiger partial charge in [0.1, 0.15) is 22.8 Å². The monoisotopic (exact) mass is 546 g/mol. The number of phenols is 1. The summed E-state index contributed by atoms with van der Waals surface area (Å²) in [6.07, 6.45) is 0.575. The highest BCUT2D eigenvalue weighted by molar-refractivity contribution is 6.24. The quantitative estimate of drug-likeness (QED) is 0.139. The molecule has 0 saturated heterocycles. The van der Waals surface area contributed by atoms with Crippen LogP contribution < -0.4 is 16.4 Å². The predicted octanol–water partition coefficient (Wildman–Crippen LogP) is 0.0412. The van der Waals surface area contributed by atoms with Crippen LogP contribution in [-0.2, 0) is 25.6 Å². The van der Waals surface area contributed by atoms with E-state index in [0.29, 0.717) is 6.54 Å². The summed E-state index contributed by atoms with van der Waals surface area (Å²) in [5, 5.41) is 49.6. The Bertz CT molecular complexity index is 1350. The van der Waals surface area contributed by atoms with Crippen LogP contribution in [0.25, 0.3) is 5.76 Å². The van der Waals surface area contributed by atoms with Crippen LogP contribution in [0.2, 0.25) is 0 Å². The number of phenolic OH excluding ortho intramolecular Hbond substituents is 1. The molecular formula is C26H31FN4O8. The standard InChI is InChI=1S/C26H31FN4O8/c1-4-5-29-9-14(32)30-18-13(27)8-11-6-10-7-12-19(31(2)3)22(35)17(25(28)38)24(37)26(12,39)23(36)16(10)20(33)15(11)21(18)34/h8,10,12,19,29,33-34,37,39H,4-7,9H2,1-3H3,(H2,28,38)(H,30,32)/t10?,12?,19-,26-/m0/s1. The fourth-order valence-corrected chi connectivity index (χ4v) is 5.95. The van der Waals surface area contributed by atoms with E-state index < -0.39 is 81.2 Å². The maximum absolute atomic E-state index is 15.0. The molecule has 1 aromatic carbocycles. The molecule has 3 aliphatic carbocycles. The minimum Gasteiger partial charge on any atom is -0.508 e. The zero-order valence-electron chi connectivity index (χ0n) is 21.7. The van der Waals surface area contributed by atoms with Gasteiger partial charge >= 0.3 is 0 Å². The number of fused-ring (bicyclic) bond motifs is 3. The average molecular weight is 547 g/mol. The fraction of sp³-hybridized carbons (Fsp3) is 0.462. The van der Waals surface area contributed by atoms with E-state index in [1.807, 2.05) is 6.92 Å². The predicted molar refractivity (Wildman–Crippen MR) is 136 cm³/mol. The Labute approximate surface area is 223 Å². The molecule has 12 nitrogen and oxygen atoms in total. The van der Waals surface area contributed by atoms with Crippen LogP contribution in [0.1, 0.15) is 30.9 Å². The maximum atomic E-state index is 15.0. The van der Waals surface area contributed by atoms with Gasteiger partial charge < -0.3 is 36.8 Å². The molecule has 13 heteroatoms. The van der Waals surface area contributed by atoms with Crippen LogP contribution in [0.5, 0.6) is 5.75 Å². The smallest absolute Gasteiger partial charge is 0.255 e. The first kappa shape index (κ1) is 28.2. The lowest BCUT2D eigenvalue weighted by molar-refractivity contribution is -0.153. The molecule has 0 heterocycles. The van der Waals surface area contributed by atoms with Crippen molar-refractivity contribution in [2.75, 3.05) is 32.5 Å². The lowest BCUT2D eigenvalue weighted by Crippen LogP contribution is -2.65. The minimum atomic E-state index is -2.78. The number of nitrogens with zero attached hydrogens (tertiary/aromatic N) is 1. The largest absolute Gasteiger partial charge is 0.508 e. The zero-order valence-corrected chi connectivity index (χ0v) is 21.7. The average Bonchev–Trinajstić information content (AvgIpc) is 2.83. The summed E-state index contributed by atoms with van der Waals surface area (Å²) in [5.41, 5.74) is 0.463. The number of nitrogens with two attached hydrogens (primary N) is 1. The molecule has 210 valence electrons. The van der Waals surface area contributed by atoms with Crippen LogP contribution >= 0.6 is 0 Å². The number of benzene rings is 1. The Morgan fingerprint density at radius 2 is 1.90 bits per heavy atom. The summed E-state index contributed by atoms with van der Waals surface area (Å²) in [6.45, 7) is 2.27. The molecule has 0 radical (unpaired) electrons. The number of likely N-dealkylation sites (N-methyl/N-ethyl adjacent to an activating group) is 1. The van der Waals surface area contributed by atoms with Gasteiger partial charge in [0.2, 0.25) is 11.7 Å². The van der Waals surface area contributed by atoms with E-state index >= 15 is 0 Å². The number of aromatic hydroxyl groups is 1. The van der Waals surface area contributed by atoms with E-state index in [-0.39, 0.29) is 36.1 Å². The number of aliphatic hydroxyl groups excluding tert-OH is 2. The highest BCUT2D eigenvalue weighted by Gasteiger charge is 2.64. The van der Waals surface area contributed by atoms with Crippen molar-refractivity contribution in [3.8, 4) is 5.75 Å². The number of halogens is 1. The summed E-state index contributed by atoms with van der Waals surface area (Å²) >= 11 is 0. The summed E-state index contributed by atoms with van der Waals surface area (Å²) in [6, 6.07) is -0.188. The number of primary amides is 1. The molecule has 2 amide bonds. The number of anilines is 1. The third kappa shape index (κ3) is 4.26. The second-order valence-corrected chi connectivity index (χ2v) is 10.3. The molecule has 4 atom stereocenters. The number of ketones is 2. The first-order chi connectivity index (χ1) is 18.3. The second kappa shape index (κ2) is 10.1. The lowest BCUT2D eigenvalue weighted by atomic mass is 9.57. The molecule has 8 N–H and O–H groups in total. The van der Waals surface area contributed by atoms with Gasteiger partial charge in [-0.05, 0) is 57.5 Å². The maximum Gasteiger partial charge on any atom is 0.255 e. The van der Waals surface area contributed by atoms with Crippen molar-refractivity contribution in [2.45, 2.75) is 37.8 Å². The van der Waals surface area contributed by atoms with E-state index in [1.54, 1.807) is 0 Å². The van der Waals surface area contributed by atoms with Gasteiger partial charge in [-0.2, -0.15) is 0 Å². The van der Waals surface area contributed by atoms with Crippen molar-refractivity contribution in [2.24, 2.45) is 17.6 Å². The Hall–Kier alpha value is -3.81. The topological polar surface area (TPSA) is 203 Å². The third-order valence-electron chi connectivity index (χ3n) is 7.64. The second-order valence-electron chi connectivity index (χ2n) is 10.3. The number of hydrogen-bond donors (Lipinski definition) is 7. The van der Waals surface area contributed by atoms with E-state index in [2.05, 4.69) is 10.6 Å². The molecule has 4 rings (SSSR count). The van der Waals surface area contributed by atoms with Gasteiger partial charge in [0.05, 0.1) is 18.2 Å². The van der Waals surface area contributed by atoms with Gasteiger partial charge in [0.25, 0.3) is 5.91 Å². The first-order valence-electron chi connectivity index (χ1n) is 12.5. The van der Waals surface area contributed by atoms with Crippen LogP contribution in [-0.4, -0.2) is 87.5 Å². The number of Topliss-reactive ketones (excluding diaryl/α,β-unsaturated/α-hetero) is 2. The summed E-state index contributed by atoms with van der Waals surface area (Å²) in [5.74, 6) is -9.84. The molecule has 0 aromatic heterocycles. The molecule has 0 bridgehead atoms. The summed E-state index contributed by atoms with van der Waals surface area (Å²) in [7, 11) is 2.99. The summed E-state index contributed by atoms with van der Waals surface area (Å²) < 4.78 is 15.0. The molecule has 1 fully saturated rings. The van der Waals surface area contributed by atoms with Crippen molar-refractivity contribution in [3.05, 3.63) is 39.9 Å². The third-order valence-corrected chi connectivity index (χ3v) is 7.64.